The van der Waals surface area contributed by atoms with Crippen LogP contribution in [0, 0.1) is 11.8 Å². The Morgan fingerprint density at radius 1 is 1.26 bits per heavy atom. The van der Waals surface area contributed by atoms with Gasteiger partial charge in [0.2, 0.25) is 5.88 Å². The van der Waals surface area contributed by atoms with Gasteiger partial charge in [0.05, 0.1) is 6.04 Å². The Morgan fingerprint density at radius 2 is 2.21 bits per heavy atom. The average molecular weight is 254 g/mol. The monoisotopic (exact) mass is 254 g/mol. The molecule has 1 aromatic rings. The van der Waals surface area contributed by atoms with Crippen LogP contribution in [0.5, 0.6) is 5.88 Å². The van der Waals surface area contributed by atoms with Crippen LogP contribution < -0.4 is 9.64 Å². The minimum Gasteiger partial charge on any atom is -0.474 e. The van der Waals surface area contributed by atoms with Gasteiger partial charge in [-0.15, -0.1) is 0 Å². The third-order valence-corrected chi connectivity index (χ3v) is 4.47. The molecule has 2 fully saturated rings. The predicted molar refractivity (Wildman–Crippen MR) is 74.2 cm³/mol. The molecule has 0 radical (unpaired) electrons. The second-order valence-corrected chi connectivity index (χ2v) is 5.70. The summed E-state index contributed by atoms with van der Waals surface area (Å²) in [6.07, 6.45) is 9.32. The van der Waals surface area contributed by atoms with Gasteiger partial charge < -0.3 is 9.64 Å². The number of hydrogen-bond acceptors (Lipinski definition) is 3. The van der Waals surface area contributed by atoms with Crippen molar-refractivity contribution in [2.24, 2.45) is 0 Å². The van der Waals surface area contributed by atoms with E-state index in [1.54, 1.807) is 0 Å². The zero-order valence-corrected chi connectivity index (χ0v) is 11.0. The zero-order valence-electron chi connectivity index (χ0n) is 11.0. The Kier molecular flexibility index (Phi) is 2.61. The van der Waals surface area contributed by atoms with Crippen molar-refractivity contribution in [1.29, 1.82) is 0 Å². The van der Waals surface area contributed by atoms with Gasteiger partial charge in [0.25, 0.3) is 0 Å². The van der Waals surface area contributed by atoms with Crippen LogP contribution in [0.25, 0.3) is 0 Å². The summed E-state index contributed by atoms with van der Waals surface area (Å²) in [5.74, 6) is 7.41. The van der Waals surface area contributed by atoms with Gasteiger partial charge in [-0.05, 0) is 38.2 Å². The maximum Gasteiger partial charge on any atom is 0.215 e. The second kappa shape index (κ2) is 4.45. The molecule has 19 heavy (non-hydrogen) atoms. The molecule has 0 amide bonds. The first kappa shape index (κ1) is 11.2. The molecule has 98 valence electrons. The number of hydrogen-bond donors (Lipinski definition) is 0. The number of ether oxygens (including phenoxy) is 1. The van der Waals surface area contributed by atoms with Gasteiger partial charge >= 0.3 is 0 Å². The summed E-state index contributed by atoms with van der Waals surface area (Å²) in [5.41, 5.74) is 1.23. The maximum atomic E-state index is 5.90. The molecular weight excluding hydrogens is 236 g/mol. The Bertz CT molecular complexity index is 541. The van der Waals surface area contributed by atoms with Crippen LogP contribution in [0.3, 0.4) is 0 Å². The molecule has 1 saturated carbocycles. The number of aromatic nitrogens is 1. The van der Waals surface area contributed by atoms with E-state index in [4.69, 9.17) is 4.74 Å². The van der Waals surface area contributed by atoms with Gasteiger partial charge in [0.1, 0.15) is 6.10 Å². The quantitative estimate of drug-likeness (QED) is 0.776. The second-order valence-electron chi connectivity index (χ2n) is 5.70. The SMILES string of the molecule is C1#CC2CCC(C1)N2c1ccnc(OC2CCC2)c1. The molecular formula is C16H18N2O. The molecule has 3 heterocycles. The standard InChI is InChI=1S/C16H18N2O/c1-3-12-7-8-13(4-1)18(12)14-9-10-17-16(11-14)19-15-5-2-6-15/h9-13,15H,2-3,5-8H2. The molecule has 1 aromatic heterocycles. The number of pyridine rings is 1. The topological polar surface area (TPSA) is 25.4 Å². The highest BCUT2D eigenvalue weighted by Gasteiger charge is 2.34. The zero-order chi connectivity index (χ0) is 12.7. The Hall–Kier alpha value is -1.69. The van der Waals surface area contributed by atoms with Crippen LogP contribution >= 0.6 is 0 Å². The first-order valence-corrected chi connectivity index (χ1v) is 7.29. The molecule has 2 atom stereocenters. The number of anilines is 1. The molecule has 2 bridgehead atoms. The third-order valence-electron chi connectivity index (χ3n) is 4.47. The van der Waals surface area contributed by atoms with Crippen molar-refractivity contribution in [3.05, 3.63) is 18.3 Å². The van der Waals surface area contributed by atoms with Crippen LogP contribution in [0.15, 0.2) is 18.3 Å². The first-order chi connectivity index (χ1) is 9.40. The van der Waals surface area contributed by atoms with E-state index in [1.807, 2.05) is 6.20 Å². The van der Waals surface area contributed by atoms with Gasteiger partial charge in [0.15, 0.2) is 0 Å². The summed E-state index contributed by atoms with van der Waals surface area (Å²) < 4.78 is 5.90. The minimum atomic E-state index is 0.389. The lowest BCUT2D eigenvalue weighted by Gasteiger charge is -2.32. The highest BCUT2D eigenvalue weighted by atomic mass is 16.5. The van der Waals surface area contributed by atoms with Crippen molar-refractivity contribution in [2.45, 2.75) is 56.7 Å². The van der Waals surface area contributed by atoms with Gasteiger partial charge in [-0.1, -0.05) is 11.8 Å². The fourth-order valence-corrected chi connectivity index (χ4v) is 3.19. The summed E-state index contributed by atoms with van der Waals surface area (Å²) >= 11 is 0. The molecule has 4 rings (SSSR count). The van der Waals surface area contributed by atoms with Gasteiger partial charge in [-0.25, -0.2) is 4.98 Å². The van der Waals surface area contributed by atoms with Crippen molar-refractivity contribution in [3.8, 4) is 17.7 Å². The Morgan fingerprint density at radius 3 is 3.00 bits per heavy atom. The lowest BCUT2D eigenvalue weighted by molar-refractivity contribution is 0.114. The fourth-order valence-electron chi connectivity index (χ4n) is 3.19. The van der Waals surface area contributed by atoms with Crippen LogP contribution in [-0.4, -0.2) is 23.2 Å². The molecule has 1 aliphatic carbocycles. The molecule has 0 aromatic carbocycles. The number of rotatable bonds is 3. The summed E-state index contributed by atoms with van der Waals surface area (Å²) in [6, 6.07) is 5.17. The molecule has 0 spiro atoms. The van der Waals surface area contributed by atoms with Gasteiger partial charge in [0, 0.05) is 30.4 Å². The van der Waals surface area contributed by atoms with Crippen LogP contribution in [0.1, 0.15) is 38.5 Å². The van der Waals surface area contributed by atoms with E-state index in [0.29, 0.717) is 18.2 Å². The van der Waals surface area contributed by atoms with E-state index >= 15 is 0 Å². The molecule has 3 aliphatic rings. The fraction of sp³-hybridized carbons (Fsp3) is 0.562. The van der Waals surface area contributed by atoms with E-state index < -0.39 is 0 Å². The van der Waals surface area contributed by atoms with Crippen molar-refractivity contribution < 1.29 is 4.74 Å². The molecule has 0 N–H and O–H groups in total. The summed E-state index contributed by atoms with van der Waals surface area (Å²) in [4.78, 5) is 6.81. The number of nitrogens with zero attached hydrogens (tertiary/aromatic N) is 2. The van der Waals surface area contributed by atoms with Gasteiger partial charge in [-0.2, -0.15) is 0 Å². The smallest absolute Gasteiger partial charge is 0.215 e. The molecule has 1 saturated heterocycles. The average Bonchev–Trinajstić information content (AvgIpc) is 2.64. The lowest BCUT2D eigenvalue weighted by atomic mass is 9.96. The summed E-state index contributed by atoms with van der Waals surface area (Å²) in [6.45, 7) is 0. The van der Waals surface area contributed by atoms with Gasteiger partial charge in [-0.3, -0.25) is 0 Å². The first-order valence-electron chi connectivity index (χ1n) is 7.29. The van der Waals surface area contributed by atoms with Crippen LogP contribution in [0.2, 0.25) is 0 Å². The van der Waals surface area contributed by atoms with E-state index in [1.165, 1.54) is 37.8 Å². The normalized spacial score (nSPS) is 28.5. The predicted octanol–water partition coefficient (Wildman–Crippen LogP) is 2.76. The molecule has 3 heteroatoms. The molecule has 2 aliphatic heterocycles. The van der Waals surface area contributed by atoms with E-state index in [9.17, 15) is 0 Å². The van der Waals surface area contributed by atoms with Crippen molar-refractivity contribution in [3.63, 3.8) is 0 Å². The Labute approximate surface area is 114 Å². The largest absolute Gasteiger partial charge is 0.474 e. The third kappa shape index (κ3) is 1.96. The number of fused-ring (bicyclic) bond motifs is 2. The molecule has 3 nitrogen and oxygen atoms in total. The summed E-state index contributed by atoms with van der Waals surface area (Å²) in [5, 5.41) is 0. The van der Waals surface area contributed by atoms with Crippen LogP contribution in [0.4, 0.5) is 5.69 Å². The summed E-state index contributed by atoms with van der Waals surface area (Å²) in [7, 11) is 0. The van der Waals surface area contributed by atoms with Crippen molar-refractivity contribution in [1.82, 2.24) is 4.98 Å². The lowest BCUT2D eigenvalue weighted by Crippen LogP contribution is -2.37. The maximum absolute atomic E-state index is 5.90. The highest BCUT2D eigenvalue weighted by molar-refractivity contribution is 5.54. The van der Waals surface area contributed by atoms with E-state index in [0.717, 1.165) is 12.3 Å². The minimum absolute atomic E-state index is 0.389. The van der Waals surface area contributed by atoms with Crippen molar-refractivity contribution in [2.75, 3.05) is 4.90 Å². The van der Waals surface area contributed by atoms with E-state index in [-0.39, 0.29) is 0 Å². The Balaban J connectivity index is 1.58. The highest BCUT2D eigenvalue weighted by Crippen LogP contribution is 2.35. The van der Waals surface area contributed by atoms with E-state index in [2.05, 4.69) is 33.9 Å². The molecule has 2 unspecified atom stereocenters. The van der Waals surface area contributed by atoms with Crippen molar-refractivity contribution >= 4 is 5.69 Å². The van der Waals surface area contributed by atoms with Crippen LogP contribution in [-0.2, 0) is 0 Å².